The highest BCUT2D eigenvalue weighted by molar-refractivity contribution is 9.10. The minimum atomic E-state index is -0.269. The summed E-state index contributed by atoms with van der Waals surface area (Å²) in [5.74, 6) is -0.106. The van der Waals surface area contributed by atoms with Crippen LogP contribution in [0.4, 0.5) is 5.69 Å². The minimum absolute atomic E-state index is 0. The molecule has 0 spiro atoms. The molecule has 0 radical (unpaired) electrons. The molecule has 22 heavy (non-hydrogen) atoms. The number of rotatable bonds is 3. The quantitative estimate of drug-likeness (QED) is 0.805. The zero-order valence-corrected chi connectivity index (χ0v) is 15.1. The van der Waals surface area contributed by atoms with Crippen LogP contribution in [0, 0.1) is 0 Å². The number of nitrogens with one attached hydrogen (secondary N) is 1. The summed E-state index contributed by atoms with van der Waals surface area (Å²) in [6.45, 7) is 5.02. The Balaban J connectivity index is 0.00000242. The highest BCUT2D eigenvalue weighted by atomic mass is 79.9. The number of nitrogens with zero attached hydrogens (tertiary/aromatic N) is 2. The Bertz CT molecular complexity index is 531. The first-order valence-electron chi connectivity index (χ1n) is 7.00. The normalized spacial score (nSPS) is 16.6. The number of halogens is 2. The third kappa shape index (κ3) is 4.97. The number of hydrogen-bond acceptors (Lipinski definition) is 3. The molecule has 0 aromatic heterocycles. The van der Waals surface area contributed by atoms with Gasteiger partial charge in [0.25, 0.3) is 5.91 Å². The topological polar surface area (TPSA) is 52.7 Å². The van der Waals surface area contributed by atoms with Gasteiger partial charge in [-0.15, -0.1) is 12.4 Å². The second-order valence-corrected chi connectivity index (χ2v) is 6.66. The summed E-state index contributed by atoms with van der Waals surface area (Å²) in [6, 6.07) is 7.09. The van der Waals surface area contributed by atoms with Crippen LogP contribution in [0.15, 0.2) is 24.3 Å². The van der Waals surface area contributed by atoms with Crippen LogP contribution in [0.1, 0.15) is 17.3 Å². The number of piperazine rings is 1. The molecule has 1 aliphatic rings. The van der Waals surface area contributed by atoms with Crippen molar-refractivity contribution in [3.63, 3.8) is 0 Å². The summed E-state index contributed by atoms with van der Waals surface area (Å²) in [4.78, 5) is 27.9. The summed E-state index contributed by atoms with van der Waals surface area (Å²) < 4.78 is 0. The Kier molecular flexibility index (Phi) is 7.32. The van der Waals surface area contributed by atoms with Crippen molar-refractivity contribution < 1.29 is 9.59 Å². The van der Waals surface area contributed by atoms with Crippen molar-refractivity contribution >= 4 is 45.8 Å². The van der Waals surface area contributed by atoms with Crippen molar-refractivity contribution in [2.24, 2.45) is 0 Å². The lowest BCUT2D eigenvalue weighted by molar-refractivity contribution is -0.115. The van der Waals surface area contributed by atoms with E-state index >= 15 is 0 Å². The first-order chi connectivity index (χ1) is 9.97. The van der Waals surface area contributed by atoms with E-state index < -0.39 is 0 Å². The molecule has 1 aromatic carbocycles. The number of carbonyl (C=O) groups excluding carboxylic acids is 2. The highest BCUT2D eigenvalue weighted by Crippen LogP contribution is 2.15. The molecular weight excluding hydrogens is 370 g/mol. The average Bonchev–Trinajstić information content (AvgIpc) is 2.47. The molecule has 2 rings (SSSR count). The van der Waals surface area contributed by atoms with Gasteiger partial charge in [-0.1, -0.05) is 22.0 Å². The van der Waals surface area contributed by atoms with Gasteiger partial charge in [0.1, 0.15) is 0 Å². The Morgan fingerprint density at radius 3 is 2.45 bits per heavy atom. The van der Waals surface area contributed by atoms with Crippen molar-refractivity contribution in [2.75, 3.05) is 38.5 Å². The lowest BCUT2D eigenvalue weighted by Crippen LogP contribution is -2.47. The Morgan fingerprint density at radius 2 is 1.86 bits per heavy atom. The van der Waals surface area contributed by atoms with E-state index in [9.17, 15) is 9.59 Å². The van der Waals surface area contributed by atoms with Gasteiger partial charge in [-0.3, -0.25) is 9.59 Å². The molecule has 7 heteroatoms. The van der Waals surface area contributed by atoms with Gasteiger partial charge in [0.15, 0.2) is 0 Å². The van der Waals surface area contributed by atoms with E-state index in [1.165, 1.54) is 0 Å². The fourth-order valence-corrected chi connectivity index (χ4v) is 2.28. The van der Waals surface area contributed by atoms with Crippen LogP contribution in [0.25, 0.3) is 0 Å². The molecule has 5 nitrogen and oxygen atoms in total. The van der Waals surface area contributed by atoms with Crippen LogP contribution in [-0.4, -0.2) is 59.7 Å². The maximum atomic E-state index is 12.5. The number of carbonyl (C=O) groups is 2. The molecule has 122 valence electrons. The molecule has 0 saturated carbocycles. The summed E-state index contributed by atoms with van der Waals surface area (Å²) in [6.07, 6.45) is 0. The standard InChI is InChI=1S/C15H20BrN3O2.ClH/c1-11(16)14(20)17-13-5-3-4-12(10-13)15(21)19-8-6-18(2)7-9-19;/h3-5,10-11H,6-9H2,1-2H3,(H,17,20);1H. The number of amides is 2. The molecule has 0 bridgehead atoms. The van der Waals surface area contributed by atoms with Crippen LogP contribution < -0.4 is 5.32 Å². The molecule has 1 saturated heterocycles. The van der Waals surface area contributed by atoms with Gasteiger partial charge in [-0.05, 0) is 32.2 Å². The smallest absolute Gasteiger partial charge is 0.254 e. The Hall–Kier alpha value is -1.11. The van der Waals surface area contributed by atoms with Crippen LogP contribution in [0.3, 0.4) is 0 Å². The van der Waals surface area contributed by atoms with Gasteiger partial charge in [0.2, 0.25) is 5.91 Å². The predicted octanol–water partition coefficient (Wildman–Crippen LogP) is 2.22. The van der Waals surface area contributed by atoms with Crippen molar-refractivity contribution in [3.8, 4) is 0 Å². The summed E-state index contributed by atoms with van der Waals surface area (Å²) >= 11 is 3.22. The monoisotopic (exact) mass is 389 g/mol. The molecule has 1 fully saturated rings. The van der Waals surface area contributed by atoms with Gasteiger partial charge in [-0.2, -0.15) is 0 Å². The maximum Gasteiger partial charge on any atom is 0.254 e. The molecule has 1 aliphatic heterocycles. The molecule has 2 amide bonds. The maximum absolute atomic E-state index is 12.5. The van der Waals surface area contributed by atoms with E-state index in [1.54, 1.807) is 31.2 Å². The number of likely N-dealkylation sites (N-methyl/N-ethyl adjacent to an activating group) is 1. The van der Waals surface area contributed by atoms with E-state index in [0.29, 0.717) is 11.3 Å². The lowest BCUT2D eigenvalue weighted by atomic mass is 10.1. The molecule has 1 unspecified atom stereocenters. The number of alkyl halides is 1. The van der Waals surface area contributed by atoms with Crippen molar-refractivity contribution in [3.05, 3.63) is 29.8 Å². The van der Waals surface area contributed by atoms with Gasteiger partial charge in [0, 0.05) is 37.4 Å². The summed E-state index contributed by atoms with van der Waals surface area (Å²) in [5, 5.41) is 2.78. The van der Waals surface area contributed by atoms with Gasteiger partial charge >= 0.3 is 0 Å². The van der Waals surface area contributed by atoms with Crippen LogP contribution >= 0.6 is 28.3 Å². The number of hydrogen-bond donors (Lipinski definition) is 1. The number of anilines is 1. The Labute approximate surface area is 145 Å². The van der Waals surface area contributed by atoms with E-state index in [2.05, 4.69) is 33.2 Å². The second kappa shape index (κ2) is 8.50. The average molecular weight is 391 g/mol. The fraction of sp³-hybridized carbons (Fsp3) is 0.467. The van der Waals surface area contributed by atoms with Crippen molar-refractivity contribution in [2.45, 2.75) is 11.8 Å². The number of benzene rings is 1. The van der Waals surface area contributed by atoms with E-state index in [0.717, 1.165) is 26.2 Å². The van der Waals surface area contributed by atoms with Gasteiger partial charge < -0.3 is 15.1 Å². The van der Waals surface area contributed by atoms with Gasteiger partial charge in [0.05, 0.1) is 4.83 Å². The SMILES string of the molecule is CC(Br)C(=O)Nc1cccc(C(=O)N2CCN(C)CC2)c1.Cl. The minimum Gasteiger partial charge on any atom is -0.336 e. The third-order valence-corrected chi connectivity index (χ3v) is 3.94. The Morgan fingerprint density at radius 1 is 1.23 bits per heavy atom. The highest BCUT2D eigenvalue weighted by Gasteiger charge is 2.20. The predicted molar refractivity (Wildman–Crippen MR) is 94.1 cm³/mol. The van der Waals surface area contributed by atoms with Crippen LogP contribution in [0.2, 0.25) is 0 Å². The van der Waals surface area contributed by atoms with Crippen LogP contribution in [0.5, 0.6) is 0 Å². The van der Waals surface area contributed by atoms with Crippen LogP contribution in [-0.2, 0) is 4.79 Å². The zero-order valence-electron chi connectivity index (χ0n) is 12.7. The molecule has 1 aromatic rings. The summed E-state index contributed by atoms with van der Waals surface area (Å²) in [7, 11) is 2.05. The fourth-order valence-electron chi connectivity index (χ4n) is 2.16. The first kappa shape index (κ1) is 18.9. The van der Waals surface area contributed by atoms with Crippen molar-refractivity contribution in [1.29, 1.82) is 0 Å². The van der Waals surface area contributed by atoms with Crippen molar-refractivity contribution in [1.82, 2.24) is 9.80 Å². The molecule has 1 atom stereocenters. The van der Waals surface area contributed by atoms with E-state index in [4.69, 9.17) is 0 Å². The summed E-state index contributed by atoms with van der Waals surface area (Å²) in [5.41, 5.74) is 1.26. The van der Waals surface area contributed by atoms with E-state index in [-0.39, 0.29) is 29.0 Å². The molecule has 1 N–H and O–H groups in total. The largest absolute Gasteiger partial charge is 0.336 e. The second-order valence-electron chi connectivity index (χ2n) is 5.28. The zero-order chi connectivity index (χ0) is 15.4. The molecule has 0 aliphatic carbocycles. The molecular formula is C15H21BrClN3O2. The van der Waals surface area contributed by atoms with Gasteiger partial charge in [-0.25, -0.2) is 0 Å². The first-order valence-corrected chi connectivity index (χ1v) is 7.92. The third-order valence-electron chi connectivity index (χ3n) is 3.53. The lowest BCUT2D eigenvalue weighted by Gasteiger charge is -2.32. The van der Waals surface area contributed by atoms with E-state index in [1.807, 2.05) is 4.90 Å². The molecule has 1 heterocycles.